The van der Waals surface area contributed by atoms with Gasteiger partial charge in [0.05, 0.1) is 0 Å². The maximum absolute atomic E-state index is 8.59. The second-order valence-corrected chi connectivity index (χ2v) is 4.26. The summed E-state index contributed by atoms with van der Waals surface area (Å²) in [5.74, 6) is 0. The van der Waals surface area contributed by atoms with E-state index in [4.69, 9.17) is 5.11 Å². The standard InChI is InChI=1S/C13H28O.ClH/c1-2-3-4-5-6-7-8-9-10-11-12-13-14;/h14H,2-13H2,1H3;1H. The number of rotatable bonds is 11. The van der Waals surface area contributed by atoms with Crippen molar-refractivity contribution in [3.05, 3.63) is 0 Å². The van der Waals surface area contributed by atoms with Crippen molar-refractivity contribution in [1.29, 1.82) is 0 Å². The monoisotopic (exact) mass is 236 g/mol. The highest BCUT2D eigenvalue weighted by atomic mass is 35.5. The fraction of sp³-hybridized carbons (Fsp3) is 1.00. The SMILES string of the molecule is CCCCCCCCCCCCCO.Cl. The third-order valence-electron chi connectivity index (χ3n) is 2.76. The molecule has 0 aliphatic heterocycles. The van der Waals surface area contributed by atoms with Crippen LogP contribution in [0.1, 0.15) is 77.6 Å². The van der Waals surface area contributed by atoms with Crippen molar-refractivity contribution in [3.8, 4) is 0 Å². The summed E-state index contributed by atoms with van der Waals surface area (Å²) in [6.45, 7) is 2.64. The zero-order chi connectivity index (χ0) is 10.5. The third kappa shape index (κ3) is 16.9. The summed E-state index contributed by atoms with van der Waals surface area (Å²) in [7, 11) is 0. The van der Waals surface area contributed by atoms with E-state index in [1.165, 1.54) is 64.2 Å². The van der Waals surface area contributed by atoms with Gasteiger partial charge in [0.25, 0.3) is 0 Å². The van der Waals surface area contributed by atoms with Crippen LogP contribution in [0.3, 0.4) is 0 Å². The van der Waals surface area contributed by atoms with Crippen molar-refractivity contribution in [2.45, 2.75) is 77.6 Å². The van der Waals surface area contributed by atoms with Crippen LogP contribution in [0.15, 0.2) is 0 Å². The fourth-order valence-corrected chi connectivity index (χ4v) is 1.78. The van der Waals surface area contributed by atoms with Crippen LogP contribution in [0.25, 0.3) is 0 Å². The summed E-state index contributed by atoms with van der Waals surface area (Å²) >= 11 is 0. The summed E-state index contributed by atoms with van der Waals surface area (Å²) in [6.07, 6.45) is 14.8. The lowest BCUT2D eigenvalue weighted by Crippen LogP contribution is -1.84. The first-order valence-corrected chi connectivity index (χ1v) is 6.52. The van der Waals surface area contributed by atoms with Crippen LogP contribution < -0.4 is 0 Å². The van der Waals surface area contributed by atoms with Gasteiger partial charge in [-0.05, 0) is 6.42 Å². The van der Waals surface area contributed by atoms with Gasteiger partial charge in [-0.3, -0.25) is 0 Å². The van der Waals surface area contributed by atoms with Crippen LogP contribution in [0.4, 0.5) is 0 Å². The molecule has 0 amide bonds. The molecule has 0 unspecified atom stereocenters. The van der Waals surface area contributed by atoms with Crippen molar-refractivity contribution in [3.63, 3.8) is 0 Å². The van der Waals surface area contributed by atoms with E-state index in [1.54, 1.807) is 0 Å². The van der Waals surface area contributed by atoms with Gasteiger partial charge in [0, 0.05) is 6.61 Å². The molecule has 0 rings (SSSR count). The summed E-state index contributed by atoms with van der Waals surface area (Å²) in [5, 5.41) is 8.59. The number of halogens is 1. The molecule has 94 valence electrons. The molecule has 1 N–H and O–H groups in total. The molecule has 0 radical (unpaired) electrons. The smallest absolute Gasteiger partial charge is 0.0431 e. The molecule has 0 saturated carbocycles. The van der Waals surface area contributed by atoms with Crippen molar-refractivity contribution in [2.24, 2.45) is 0 Å². The molecule has 0 fully saturated rings. The summed E-state index contributed by atoms with van der Waals surface area (Å²) in [4.78, 5) is 0. The Bertz CT molecular complexity index is 84.5. The van der Waals surface area contributed by atoms with E-state index in [1.807, 2.05) is 0 Å². The minimum absolute atomic E-state index is 0. The highest BCUT2D eigenvalue weighted by Crippen LogP contribution is 2.10. The van der Waals surface area contributed by atoms with Crippen LogP contribution in [0, 0.1) is 0 Å². The first kappa shape index (κ1) is 17.6. The number of unbranched alkanes of at least 4 members (excludes halogenated alkanes) is 10. The molecule has 0 aromatic heterocycles. The average Bonchev–Trinajstić information content (AvgIpc) is 2.21. The predicted molar refractivity (Wildman–Crippen MR) is 70.8 cm³/mol. The van der Waals surface area contributed by atoms with Gasteiger partial charge >= 0.3 is 0 Å². The Balaban J connectivity index is 0. The molecule has 0 atom stereocenters. The molecule has 0 aliphatic rings. The van der Waals surface area contributed by atoms with Gasteiger partial charge < -0.3 is 5.11 Å². The van der Waals surface area contributed by atoms with Crippen molar-refractivity contribution in [2.75, 3.05) is 6.61 Å². The lowest BCUT2D eigenvalue weighted by molar-refractivity contribution is 0.282. The van der Waals surface area contributed by atoms with Gasteiger partial charge in [0.2, 0.25) is 0 Å². The third-order valence-corrected chi connectivity index (χ3v) is 2.76. The van der Waals surface area contributed by atoms with Crippen LogP contribution in [0.5, 0.6) is 0 Å². The summed E-state index contributed by atoms with van der Waals surface area (Å²) < 4.78 is 0. The van der Waals surface area contributed by atoms with Gasteiger partial charge in [-0.1, -0.05) is 71.1 Å². The van der Waals surface area contributed by atoms with E-state index in [9.17, 15) is 0 Å². The Morgan fingerprint density at radius 1 is 0.600 bits per heavy atom. The van der Waals surface area contributed by atoms with Gasteiger partial charge in [-0.2, -0.15) is 0 Å². The quantitative estimate of drug-likeness (QED) is 0.515. The molecule has 2 heteroatoms. The molecular formula is C13H29ClO. The maximum atomic E-state index is 8.59. The molecule has 0 aromatic rings. The molecule has 0 aromatic carbocycles. The van der Waals surface area contributed by atoms with Gasteiger partial charge in [-0.25, -0.2) is 0 Å². The lowest BCUT2D eigenvalue weighted by atomic mass is 10.1. The summed E-state index contributed by atoms with van der Waals surface area (Å²) in [6, 6.07) is 0. The van der Waals surface area contributed by atoms with Crippen LogP contribution in [-0.2, 0) is 0 Å². The molecule has 1 nitrogen and oxygen atoms in total. The van der Waals surface area contributed by atoms with E-state index in [2.05, 4.69) is 6.92 Å². The summed E-state index contributed by atoms with van der Waals surface area (Å²) in [5.41, 5.74) is 0. The van der Waals surface area contributed by atoms with Crippen molar-refractivity contribution >= 4 is 12.4 Å². The molecule has 0 spiro atoms. The first-order chi connectivity index (χ1) is 6.91. The second kappa shape index (κ2) is 16.7. The highest BCUT2D eigenvalue weighted by Gasteiger charge is 1.91. The average molecular weight is 237 g/mol. The van der Waals surface area contributed by atoms with Crippen LogP contribution in [-0.4, -0.2) is 11.7 Å². The van der Waals surface area contributed by atoms with E-state index < -0.39 is 0 Å². The molecule has 0 saturated heterocycles. The zero-order valence-corrected chi connectivity index (χ0v) is 11.2. The Morgan fingerprint density at radius 3 is 1.27 bits per heavy atom. The van der Waals surface area contributed by atoms with E-state index in [0.29, 0.717) is 6.61 Å². The zero-order valence-electron chi connectivity index (χ0n) is 10.3. The molecule has 15 heavy (non-hydrogen) atoms. The van der Waals surface area contributed by atoms with E-state index in [0.717, 1.165) is 6.42 Å². The van der Waals surface area contributed by atoms with E-state index in [-0.39, 0.29) is 12.4 Å². The molecule has 0 aliphatic carbocycles. The first-order valence-electron chi connectivity index (χ1n) is 6.52. The Kier molecular flexibility index (Phi) is 19.6. The van der Waals surface area contributed by atoms with Crippen molar-refractivity contribution in [1.82, 2.24) is 0 Å². The Labute approximate surface area is 102 Å². The molecular weight excluding hydrogens is 208 g/mol. The largest absolute Gasteiger partial charge is 0.396 e. The normalized spacial score (nSPS) is 10.0. The number of hydrogen-bond acceptors (Lipinski definition) is 1. The Hall–Kier alpha value is 0.250. The van der Waals surface area contributed by atoms with Gasteiger partial charge in [0.1, 0.15) is 0 Å². The van der Waals surface area contributed by atoms with Crippen LogP contribution >= 0.6 is 12.4 Å². The second-order valence-electron chi connectivity index (χ2n) is 4.26. The Morgan fingerprint density at radius 2 is 0.933 bits per heavy atom. The van der Waals surface area contributed by atoms with Gasteiger partial charge in [0.15, 0.2) is 0 Å². The van der Waals surface area contributed by atoms with E-state index >= 15 is 0 Å². The lowest BCUT2D eigenvalue weighted by Gasteiger charge is -2.01. The topological polar surface area (TPSA) is 20.2 Å². The van der Waals surface area contributed by atoms with Crippen molar-refractivity contribution < 1.29 is 5.11 Å². The highest BCUT2D eigenvalue weighted by molar-refractivity contribution is 5.85. The van der Waals surface area contributed by atoms with Crippen LogP contribution in [0.2, 0.25) is 0 Å². The fourth-order valence-electron chi connectivity index (χ4n) is 1.78. The predicted octanol–water partition coefficient (Wildman–Crippen LogP) is 4.71. The maximum Gasteiger partial charge on any atom is 0.0431 e. The molecule has 0 bridgehead atoms. The minimum atomic E-state index is 0. The minimum Gasteiger partial charge on any atom is -0.396 e. The number of aliphatic hydroxyl groups excluding tert-OH is 1. The number of aliphatic hydroxyl groups is 1. The number of hydrogen-bond donors (Lipinski definition) is 1. The van der Waals surface area contributed by atoms with Gasteiger partial charge in [-0.15, -0.1) is 12.4 Å². The molecule has 0 heterocycles.